The summed E-state index contributed by atoms with van der Waals surface area (Å²) >= 11 is 0. The van der Waals surface area contributed by atoms with Gasteiger partial charge in [0.1, 0.15) is 11.4 Å². The molecule has 6 nitrogen and oxygen atoms in total. The molecule has 1 aromatic heterocycles. The number of rotatable bonds is 4. The van der Waals surface area contributed by atoms with Gasteiger partial charge in [-0.2, -0.15) is 0 Å². The first kappa shape index (κ1) is 18.2. The summed E-state index contributed by atoms with van der Waals surface area (Å²) in [6.07, 6.45) is 4.69. The van der Waals surface area contributed by atoms with Crippen molar-refractivity contribution in [1.29, 1.82) is 0 Å². The molecule has 1 aliphatic heterocycles. The van der Waals surface area contributed by atoms with Crippen LogP contribution in [0.2, 0.25) is 0 Å². The van der Waals surface area contributed by atoms with Crippen LogP contribution in [0, 0.1) is 0 Å². The van der Waals surface area contributed by atoms with Crippen molar-refractivity contribution in [3.8, 4) is 17.0 Å². The average Bonchev–Trinajstić information content (AvgIpc) is 3.02. The van der Waals surface area contributed by atoms with Crippen molar-refractivity contribution in [2.75, 3.05) is 25.1 Å². The number of methoxy groups -OCH3 is 1. The monoisotopic (exact) mass is 377 g/mol. The Morgan fingerprint density at radius 2 is 1.68 bits per heavy atom. The predicted molar refractivity (Wildman–Crippen MR) is 109 cm³/mol. The number of hydrogen-bond acceptors (Lipinski definition) is 5. The second-order valence-electron chi connectivity index (χ2n) is 7.03. The van der Waals surface area contributed by atoms with Crippen molar-refractivity contribution in [2.24, 2.45) is 0 Å². The van der Waals surface area contributed by atoms with Crippen LogP contribution in [0.1, 0.15) is 36.0 Å². The molecule has 1 N–H and O–H groups in total. The molecule has 2 heterocycles. The topological polar surface area (TPSA) is 75.5 Å². The molecule has 3 aromatic rings. The molecule has 6 heteroatoms. The fraction of sp³-hybridized carbons (Fsp3) is 0.318. The third-order valence-electron chi connectivity index (χ3n) is 5.16. The SMILES string of the molecule is COc1ccc(-c2nc3ccc(C(=O)O)cc3nc2N2CCCCCC2)cc1. The first-order valence-electron chi connectivity index (χ1n) is 9.60. The van der Waals surface area contributed by atoms with Crippen molar-refractivity contribution < 1.29 is 14.6 Å². The van der Waals surface area contributed by atoms with E-state index in [4.69, 9.17) is 14.7 Å². The number of carboxylic acids is 1. The summed E-state index contributed by atoms with van der Waals surface area (Å²) in [5.41, 5.74) is 3.31. The van der Waals surface area contributed by atoms with Crippen molar-refractivity contribution in [3.05, 3.63) is 48.0 Å². The second-order valence-corrected chi connectivity index (χ2v) is 7.03. The Hall–Kier alpha value is -3.15. The zero-order valence-corrected chi connectivity index (χ0v) is 15.9. The smallest absolute Gasteiger partial charge is 0.335 e. The predicted octanol–water partition coefficient (Wildman–Crippen LogP) is 4.38. The maximum absolute atomic E-state index is 11.4. The zero-order valence-electron chi connectivity index (χ0n) is 15.9. The van der Waals surface area contributed by atoms with E-state index >= 15 is 0 Å². The van der Waals surface area contributed by atoms with Gasteiger partial charge in [-0.1, -0.05) is 12.8 Å². The quantitative estimate of drug-likeness (QED) is 0.727. The Balaban J connectivity index is 1.87. The Morgan fingerprint density at radius 3 is 2.32 bits per heavy atom. The molecule has 0 bridgehead atoms. The van der Waals surface area contributed by atoms with Gasteiger partial charge in [-0.3, -0.25) is 0 Å². The van der Waals surface area contributed by atoms with E-state index in [0.717, 1.165) is 48.8 Å². The molecule has 2 aromatic carbocycles. The molecular weight excluding hydrogens is 354 g/mol. The van der Waals surface area contributed by atoms with Gasteiger partial charge in [0.2, 0.25) is 0 Å². The number of aromatic nitrogens is 2. The van der Waals surface area contributed by atoms with Crippen LogP contribution in [0.4, 0.5) is 5.82 Å². The fourth-order valence-electron chi connectivity index (χ4n) is 3.62. The van der Waals surface area contributed by atoms with Crippen LogP contribution >= 0.6 is 0 Å². The summed E-state index contributed by atoms with van der Waals surface area (Å²) < 4.78 is 5.27. The summed E-state index contributed by atoms with van der Waals surface area (Å²) in [6, 6.07) is 12.7. The summed E-state index contributed by atoms with van der Waals surface area (Å²) in [5, 5.41) is 9.31. The normalized spacial score (nSPS) is 14.7. The van der Waals surface area contributed by atoms with Crippen LogP contribution in [0.3, 0.4) is 0 Å². The van der Waals surface area contributed by atoms with Crippen LogP contribution in [-0.2, 0) is 0 Å². The molecule has 0 radical (unpaired) electrons. The van der Waals surface area contributed by atoms with E-state index in [0.29, 0.717) is 11.0 Å². The molecule has 0 aliphatic carbocycles. The number of carbonyl (C=O) groups is 1. The van der Waals surface area contributed by atoms with E-state index in [1.807, 2.05) is 24.3 Å². The van der Waals surface area contributed by atoms with E-state index in [2.05, 4.69) is 4.90 Å². The number of hydrogen-bond donors (Lipinski definition) is 1. The van der Waals surface area contributed by atoms with Crippen molar-refractivity contribution >= 4 is 22.8 Å². The van der Waals surface area contributed by atoms with Crippen LogP contribution in [0.15, 0.2) is 42.5 Å². The maximum atomic E-state index is 11.4. The third kappa shape index (κ3) is 3.63. The summed E-state index contributed by atoms with van der Waals surface area (Å²) in [4.78, 5) is 23.4. The number of nitrogens with zero attached hydrogens (tertiary/aromatic N) is 3. The van der Waals surface area contributed by atoms with E-state index in [1.165, 1.54) is 12.8 Å². The van der Waals surface area contributed by atoms with Gasteiger partial charge < -0.3 is 14.7 Å². The molecular formula is C22H23N3O3. The van der Waals surface area contributed by atoms with Gasteiger partial charge in [-0.05, 0) is 55.3 Å². The highest BCUT2D eigenvalue weighted by molar-refractivity contribution is 5.93. The maximum Gasteiger partial charge on any atom is 0.335 e. The molecule has 144 valence electrons. The number of benzene rings is 2. The summed E-state index contributed by atoms with van der Waals surface area (Å²) in [7, 11) is 1.65. The number of ether oxygens (including phenoxy) is 1. The lowest BCUT2D eigenvalue weighted by molar-refractivity contribution is 0.0697. The summed E-state index contributed by atoms with van der Waals surface area (Å²) in [6.45, 7) is 1.87. The van der Waals surface area contributed by atoms with Gasteiger partial charge in [-0.15, -0.1) is 0 Å². The molecule has 1 saturated heterocycles. The van der Waals surface area contributed by atoms with E-state index in [1.54, 1.807) is 25.3 Å². The van der Waals surface area contributed by atoms with Gasteiger partial charge in [0.15, 0.2) is 5.82 Å². The summed E-state index contributed by atoms with van der Waals surface area (Å²) in [5.74, 6) is 0.654. The van der Waals surface area contributed by atoms with Crippen molar-refractivity contribution in [3.63, 3.8) is 0 Å². The highest BCUT2D eigenvalue weighted by Gasteiger charge is 2.19. The Kier molecular flexibility index (Phi) is 5.10. The zero-order chi connectivity index (χ0) is 19.5. The molecule has 0 amide bonds. The van der Waals surface area contributed by atoms with Crippen molar-refractivity contribution in [1.82, 2.24) is 9.97 Å². The Bertz CT molecular complexity index is 994. The fourth-order valence-corrected chi connectivity index (χ4v) is 3.62. The lowest BCUT2D eigenvalue weighted by atomic mass is 10.1. The minimum absolute atomic E-state index is 0.223. The molecule has 4 rings (SSSR count). The Labute approximate surface area is 163 Å². The molecule has 0 spiro atoms. The molecule has 0 atom stereocenters. The lowest BCUT2D eigenvalue weighted by Crippen LogP contribution is -2.26. The first-order chi connectivity index (χ1) is 13.7. The number of fused-ring (bicyclic) bond motifs is 1. The Morgan fingerprint density at radius 1 is 0.964 bits per heavy atom. The van der Waals surface area contributed by atoms with E-state index < -0.39 is 5.97 Å². The molecule has 0 unspecified atom stereocenters. The first-order valence-corrected chi connectivity index (χ1v) is 9.60. The lowest BCUT2D eigenvalue weighted by Gasteiger charge is -2.24. The van der Waals surface area contributed by atoms with Gasteiger partial charge in [0.25, 0.3) is 0 Å². The third-order valence-corrected chi connectivity index (χ3v) is 5.16. The van der Waals surface area contributed by atoms with Gasteiger partial charge >= 0.3 is 5.97 Å². The number of anilines is 1. The molecule has 1 fully saturated rings. The van der Waals surface area contributed by atoms with Crippen LogP contribution in [-0.4, -0.2) is 41.2 Å². The van der Waals surface area contributed by atoms with Gasteiger partial charge in [0, 0.05) is 18.7 Å². The molecule has 1 aliphatic rings. The van der Waals surface area contributed by atoms with E-state index in [9.17, 15) is 9.90 Å². The average molecular weight is 377 g/mol. The minimum Gasteiger partial charge on any atom is -0.497 e. The van der Waals surface area contributed by atoms with Gasteiger partial charge in [0.05, 0.1) is 23.7 Å². The van der Waals surface area contributed by atoms with E-state index in [-0.39, 0.29) is 5.56 Å². The highest BCUT2D eigenvalue weighted by atomic mass is 16.5. The largest absolute Gasteiger partial charge is 0.497 e. The molecule has 28 heavy (non-hydrogen) atoms. The van der Waals surface area contributed by atoms with Crippen LogP contribution < -0.4 is 9.64 Å². The van der Waals surface area contributed by atoms with Gasteiger partial charge in [-0.25, -0.2) is 14.8 Å². The highest BCUT2D eigenvalue weighted by Crippen LogP contribution is 2.32. The standard InChI is InChI=1S/C22H23N3O3/c1-28-17-9-6-15(7-10-17)20-21(25-12-4-2-3-5-13-25)24-19-14-16(22(26)27)8-11-18(19)23-20/h6-11,14H,2-5,12-13H2,1H3,(H,26,27). The second kappa shape index (κ2) is 7.84. The van der Waals surface area contributed by atoms with Crippen LogP contribution in [0.5, 0.6) is 5.75 Å². The van der Waals surface area contributed by atoms with Crippen LogP contribution in [0.25, 0.3) is 22.3 Å². The number of carboxylic acid groups (broad SMARTS) is 1. The minimum atomic E-state index is -0.959. The van der Waals surface area contributed by atoms with Crippen molar-refractivity contribution in [2.45, 2.75) is 25.7 Å². The number of aromatic carboxylic acids is 1. The molecule has 0 saturated carbocycles.